The minimum Gasteiger partial charge on any atom is -0.466 e. The summed E-state index contributed by atoms with van der Waals surface area (Å²) >= 11 is 7.16. The molecule has 0 saturated carbocycles. The number of nitro groups is 1. The van der Waals surface area contributed by atoms with E-state index in [1.807, 2.05) is 0 Å². The van der Waals surface area contributed by atoms with E-state index in [0.29, 0.717) is 5.69 Å². The Bertz CT molecular complexity index is 1230. The van der Waals surface area contributed by atoms with Crippen molar-refractivity contribution in [1.29, 1.82) is 0 Å². The first-order chi connectivity index (χ1) is 15.8. The zero-order chi connectivity index (χ0) is 24.0. The van der Waals surface area contributed by atoms with Gasteiger partial charge in [-0.3, -0.25) is 29.8 Å². The van der Waals surface area contributed by atoms with Crippen molar-refractivity contribution in [3.8, 4) is 0 Å². The summed E-state index contributed by atoms with van der Waals surface area (Å²) in [6.45, 7) is 1.97. The van der Waals surface area contributed by atoms with Crippen LogP contribution >= 0.6 is 22.9 Å². The highest BCUT2D eigenvalue weighted by Crippen LogP contribution is 2.25. The molecule has 0 bridgehead atoms. The molecule has 0 radical (unpaired) electrons. The third-order valence-corrected chi connectivity index (χ3v) is 5.35. The maximum absolute atomic E-state index is 12.8. The molecule has 33 heavy (non-hydrogen) atoms. The molecule has 170 valence electrons. The van der Waals surface area contributed by atoms with E-state index in [2.05, 4.69) is 15.6 Å². The molecule has 3 rings (SSSR count). The first kappa shape index (κ1) is 23.8. The van der Waals surface area contributed by atoms with Gasteiger partial charge in [0.1, 0.15) is 0 Å². The molecule has 0 unspecified atom stereocenters. The normalized spacial score (nSPS) is 10.4. The fraction of sp³-hybridized carbons (Fsp3) is 0.143. The number of nitrogens with zero attached hydrogens (tertiary/aromatic N) is 2. The van der Waals surface area contributed by atoms with Crippen molar-refractivity contribution in [2.24, 2.45) is 0 Å². The quantitative estimate of drug-likeness (QED) is 0.273. The van der Waals surface area contributed by atoms with Crippen LogP contribution in [-0.2, 0) is 16.0 Å². The monoisotopic (exact) mass is 488 g/mol. The minimum absolute atomic E-state index is 0.0111. The molecule has 0 aliphatic rings. The Morgan fingerprint density at radius 2 is 1.85 bits per heavy atom. The first-order valence-electron chi connectivity index (χ1n) is 9.54. The Balaban J connectivity index is 1.73. The fourth-order valence-corrected chi connectivity index (χ4v) is 3.72. The van der Waals surface area contributed by atoms with Crippen LogP contribution in [0.4, 0.5) is 16.5 Å². The van der Waals surface area contributed by atoms with Gasteiger partial charge < -0.3 is 10.1 Å². The summed E-state index contributed by atoms with van der Waals surface area (Å²) in [5.41, 5.74) is 0.593. The smallest absolute Gasteiger partial charge is 0.311 e. The van der Waals surface area contributed by atoms with E-state index >= 15 is 0 Å². The maximum atomic E-state index is 12.8. The van der Waals surface area contributed by atoms with Crippen molar-refractivity contribution in [3.63, 3.8) is 0 Å². The lowest BCUT2D eigenvalue weighted by Gasteiger charge is -2.11. The zero-order valence-electron chi connectivity index (χ0n) is 17.2. The van der Waals surface area contributed by atoms with Crippen molar-refractivity contribution < 1.29 is 24.0 Å². The molecular weight excluding hydrogens is 472 g/mol. The molecule has 3 aromatic rings. The number of non-ortho nitro benzene ring substituents is 1. The molecule has 12 heteroatoms. The summed E-state index contributed by atoms with van der Waals surface area (Å²) < 4.78 is 4.88. The lowest BCUT2D eigenvalue weighted by atomic mass is 10.1. The molecule has 2 N–H and O–H groups in total. The number of amides is 2. The molecule has 0 aliphatic heterocycles. The number of carbonyl (C=O) groups excluding carboxylic acids is 3. The highest BCUT2D eigenvalue weighted by molar-refractivity contribution is 7.14. The van der Waals surface area contributed by atoms with E-state index in [4.69, 9.17) is 16.3 Å². The molecule has 2 aromatic carbocycles. The summed E-state index contributed by atoms with van der Waals surface area (Å²) in [4.78, 5) is 51.4. The predicted octanol–water partition coefficient (Wildman–Crippen LogP) is 4.31. The molecule has 2 amide bonds. The van der Waals surface area contributed by atoms with Gasteiger partial charge >= 0.3 is 5.97 Å². The van der Waals surface area contributed by atoms with Crippen molar-refractivity contribution >= 4 is 57.2 Å². The van der Waals surface area contributed by atoms with Crippen LogP contribution in [-0.4, -0.2) is 34.3 Å². The number of ether oxygens (including phenoxy) is 1. The van der Waals surface area contributed by atoms with Gasteiger partial charge in [0.15, 0.2) is 5.13 Å². The summed E-state index contributed by atoms with van der Waals surface area (Å²) in [5.74, 6) is -1.59. The molecule has 0 saturated heterocycles. The van der Waals surface area contributed by atoms with Crippen LogP contribution < -0.4 is 10.6 Å². The largest absolute Gasteiger partial charge is 0.466 e. The van der Waals surface area contributed by atoms with Gasteiger partial charge in [0.2, 0.25) is 0 Å². The third kappa shape index (κ3) is 6.11. The van der Waals surface area contributed by atoms with E-state index in [9.17, 15) is 24.5 Å². The SMILES string of the molecule is CCOC(=O)Cc1csc(NC(=O)c2ccccc2NC(=O)c2ccc([N+](=O)[O-])cc2Cl)n1. The zero-order valence-corrected chi connectivity index (χ0v) is 18.7. The Hall–Kier alpha value is -3.83. The third-order valence-electron chi connectivity index (χ3n) is 4.23. The van der Waals surface area contributed by atoms with E-state index in [-0.39, 0.29) is 45.7 Å². The number of esters is 1. The van der Waals surface area contributed by atoms with Crippen LogP contribution in [0.3, 0.4) is 0 Å². The maximum Gasteiger partial charge on any atom is 0.311 e. The topological polar surface area (TPSA) is 141 Å². The van der Waals surface area contributed by atoms with Gasteiger partial charge in [0, 0.05) is 17.5 Å². The molecular formula is C21H17ClN4O6S. The van der Waals surface area contributed by atoms with Crippen molar-refractivity contribution in [2.75, 3.05) is 17.2 Å². The Kier molecular flexibility index (Phi) is 7.70. The van der Waals surface area contributed by atoms with Gasteiger partial charge in [-0.05, 0) is 25.1 Å². The summed E-state index contributed by atoms with van der Waals surface area (Å²) in [6.07, 6.45) is -0.0111. The molecule has 0 aliphatic carbocycles. The van der Waals surface area contributed by atoms with Crippen LogP contribution in [0.25, 0.3) is 0 Å². The van der Waals surface area contributed by atoms with Gasteiger partial charge in [0.25, 0.3) is 17.5 Å². The number of para-hydroxylation sites is 1. The van der Waals surface area contributed by atoms with Gasteiger partial charge in [-0.1, -0.05) is 23.7 Å². The number of aromatic nitrogens is 1. The van der Waals surface area contributed by atoms with Crippen LogP contribution in [0.15, 0.2) is 47.8 Å². The second-order valence-electron chi connectivity index (χ2n) is 6.50. The van der Waals surface area contributed by atoms with Crippen molar-refractivity contribution in [2.45, 2.75) is 13.3 Å². The number of anilines is 2. The number of carbonyl (C=O) groups is 3. The number of benzene rings is 2. The highest BCUT2D eigenvalue weighted by Gasteiger charge is 2.19. The average Bonchev–Trinajstić information content (AvgIpc) is 3.20. The van der Waals surface area contributed by atoms with Crippen LogP contribution in [0.2, 0.25) is 5.02 Å². The molecule has 1 aromatic heterocycles. The number of rotatable bonds is 8. The van der Waals surface area contributed by atoms with E-state index in [1.54, 1.807) is 24.4 Å². The molecule has 0 atom stereocenters. The molecule has 0 spiro atoms. The van der Waals surface area contributed by atoms with Crippen molar-refractivity contribution in [1.82, 2.24) is 4.98 Å². The highest BCUT2D eigenvalue weighted by atomic mass is 35.5. The molecule has 0 fully saturated rings. The summed E-state index contributed by atoms with van der Waals surface area (Å²) in [7, 11) is 0. The van der Waals surface area contributed by atoms with E-state index < -0.39 is 22.7 Å². The van der Waals surface area contributed by atoms with Gasteiger partial charge in [-0.25, -0.2) is 4.98 Å². The second kappa shape index (κ2) is 10.7. The van der Waals surface area contributed by atoms with Gasteiger partial charge in [-0.15, -0.1) is 11.3 Å². The number of hydrogen-bond donors (Lipinski definition) is 2. The van der Waals surface area contributed by atoms with Gasteiger partial charge in [-0.2, -0.15) is 0 Å². The van der Waals surface area contributed by atoms with E-state index in [0.717, 1.165) is 23.5 Å². The lowest BCUT2D eigenvalue weighted by molar-refractivity contribution is -0.384. The number of nitro benzene ring substituents is 1. The predicted molar refractivity (Wildman–Crippen MR) is 123 cm³/mol. The summed E-state index contributed by atoms with van der Waals surface area (Å²) in [5, 5.41) is 17.9. The van der Waals surface area contributed by atoms with Crippen molar-refractivity contribution in [3.05, 3.63) is 79.8 Å². The number of halogens is 1. The Morgan fingerprint density at radius 3 is 2.55 bits per heavy atom. The lowest BCUT2D eigenvalue weighted by Crippen LogP contribution is -2.18. The fourth-order valence-electron chi connectivity index (χ4n) is 2.75. The number of thiazole rings is 1. The molecule has 10 nitrogen and oxygen atoms in total. The molecule has 1 heterocycles. The average molecular weight is 489 g/mol. The van der Waals surface area contributed by atoms with Gasteiger partial charge in [0.05, 0.1) is 45.5 Å². The first-order valence-corrected chi connectivity index (χ1v) is 10.8. The van der Waals surface area contributed by atoms with Crippen LogP contribution in [0.5, 0.6) is 0 Å². The van der Waals surface area contributed by atoms with Crippen LogP contribution in [0.1, 0.15) is 33.3 Å². The number of nitrogens with one attached hydrogen (secondary N) is 2. The number of hydrogen-bond acceptors (Lipinski definition) is 8. The Morgan fingerprint density at radius 1 is 1.12 bits per heavy atom. The standard InChI is InChI=1S/C21H17ClN4O6S/c1-2-32-18(27)9-12-11-33-21(23-12)25-20(29)15-5-3-4-6-17(15)24-19(28)14-8-7-13(26(30)31)10-16(14)22/h3-8,10-11H,2,9H2,1H3,(H,24,28)(H,23,25,29). The van der Waals surface area contributed by atoms with E-state index in [1.165, 1.54) is 18.2 Å². The Labute approximate surface area is 196 Å². The summed E-state index contributed by atoms with van der Waals surface area (Å²) in [6, 6.07) is 9.76. The second-order valence-corrected chi connectivity index (χ2v) is 7.77. The van der Waals surface area contributed by atoms with Crippen LogP contribution in [0, 0.1) is 10.1 Å². The minimum atomic E-state index is -0.638.